The Morgan fingerprint density at radius 1 is 1.38 bits per heavy atom. The fraction of sp³-hybridized carbons (Fsp3) is 0.562. The zero-order chi connectivity index (χ0) is 15.5. The molecule has 0 heterocycles. The van der Waals surface area contributed by atoms with Crippen molar-refractivity contribution in [3.05, 3.63) is 30.3 Å². The first-order chi connectivity index (χ1) is 10.2. The van der Waals surface area contributed by atoms with E-state index in [1.54, 1.807) is 7.11 Å². The van der Waals surface area contributed by atoms with Crippen LogP contribution >= 0.6 is 0 Å². The van der Waals surface area contributed by atoms with E-state index in [1.807, 2.05) is 18.2 Å². The maximum Gasteiger partial charge on any atom is 0.222 e. The van der Waals surface area contributed by atoms with Gasteiger partial charge < -0.3 is 20.7 Å². The number of amides is 1. The molecule has 0 saturated heterocycles. The number of anilines is 1. The lowest BCUT2D eigenvalue weighted by atomic mass is 10.2. The summed E-state index contributed by atoms with van der Waals surface area (Å²) in [5.41, 5.74) is 6.71. The maximum absolute atomic E-state index is 11.7. The lowest BCUT2D eigenvalue weighted by Crippen LogP contribution is -2.34. The third-order valence-corrected chi connectivity index (χ3v) is 3.44. The van der Waals surface area contributed by atoms with Crippen molar-refractivity contribution < 1.29 is 9.53 Å². The zero-order valence-corrected chi connectivity index (χ0v) is 13.0. The molecule has 0 aromatic heterocycles. The highest BCUT2D eigenvalue weighted by Gasteiger charge is 2.10. The third kappa shape index (κ3) is 6.60. The van der Waals surface area contributed by atoms with Crippen LogP contribution < -0.4 is 16.0 Å². The topological polar surface area (TPSA) is 67.6 Å². The molecule has 1 aromatic rings. The Kier molecular flexibility index (Phi) is 8.47. The van der Waals surface area contributed by atoms with Gasteiger partial charge in [-0.15, -0.1) is 0 Å². The Morgan fingerprint density at radius 3 is 2.67 bits per heavy atom. The fourth-order valence-corrected chi connectivity index (χ4v) is 2.15. The first-order valence-corrected chi connectivity index (χ1v) is 7.50. The van der Waals surface area contributed by atoms with Gasteiger partial charge in [0.25, 0.3) is 0 Å². The highest BCUT2D eigenvalue weighted by Crippen LogP contribution is 2.12. The molecule has 1 rings (SSSR count). The standard InChI is InChI=1S/C16H27N3O2/c1-3-19(14-8-5-4-6-9-14)11-7-10-18-16(20)12-15(13-17)21-2/h4-6,8-9,15H,3,7,10-13,17H2,1-2H3,(H,18,20). The summed E-state index contributed by atoms with van der Waals surface area (Å²) in [6, 6.07) is 10.3. The molecule has 1 aromatic carbocycles. The van der Waals surface area contributed by atoms with Crippen LogP contribution in [0.3, 0.4) is 0 Å². The van der Waals surface area contributed by atoms with Crippen LogP contribution in [0.5, 0.6) is 0 Å². The summed E-state index contributed by atoms with van der Waals surface area (Å²) >= 11 is 0. The van der Waals surface area contributed by atoms with Crippen LogP contribution in [0.2, 0.25) is 0 Å². The third-order valence-electron chi connectivity index (χ3n) is 3.44. The molecule has 1 unspecified atom stereocenters. The second-order valence-electron chi connectivity index (χ2n) is 4.92. The van der Waals surface area contributed by atoms with Gasteiger partial charge in [0, 0.05) is 39.0 Å². The number of rotatable bonds is 10. The molecule has 0 bridgehead atoms. The number of nitrogens with two attached hydrogens (primary N) is 1. The van der Waals surface area contributed by atoms with Crippen molar-refractivity contribution in [1.82, 2.24) is 5.32 Å². The number of methoxy groups -OCH3 is 1. The van der Waals surface area contributed by atoms with Gasteiger partial charge in [0.1, 0.15) is 0 Å². The molecule has 118 valence electrons. The summed E-state index contributed by atoms with van der Waals surface area (Å²) in [5, 5.41) is 2.91. The van der Waals surface area contributed by atoms with Crippen LogP contribution in [0.25, 0.3) is 0 Å². The van der Waals surface area contributed by atoms with E-state index in [0.717, 1.165) is 19.5 Å². The van der Waals surface area contributed by atoms with Crippen molar-refractivity contribution >= 4 is 11.6 Å². The molecule has 0 radical (unpaired) electrons. The van der Waals surface area contributed by atoms with Gasteiger partial charge in [0.2, 0.25) is 5.91 Å². The van der Waals surface area contributed by atoms with Crippen LogP contribution in [-0.2, 0) is 9.53 Å². The summed E-state index contributed by atoms with van der Waals surface area (Å²) in [5.74, 6) is -0.00457. The summed E-state index contributed by atoms with van der Waals surface area (Å²) in [4.78, 5) is 14.0. The molecule has 0 saturated carbocycles. The van der Waals surface area contributed by atoms with Gasteiger partial charge >= 0.3 is 0 Å². The number of carbonyl (C=O) groups excluding carboxylic acids is 1. The summed E-state index contributed by atoms with van der Waals surface area (Å²) in [7, 11) is 1.57. The molecule has 21 heavy (non-hydrogen) atoms. The van der Waals surface area contributed by atoms with Crippen LogP contribution in [0.15, 0.2) is 30.3 Å². The van der Waals surface area contributed by atoms with E-state index >= 15 is 0 Å². The van der Waals surface area contributed by atoms with E-state index in [9.17, 15) is 4.79 Å². The minimum Gasteiger partial charge on any atom is -0.380 e. The van der Waals surface area contributed by atoms with Crippen LogP contribution in [0.1, 0.15) is 19.8 Å². The molecule has 0 fully saturated rings. The van der Waals surface area contributed by atoms with Gasteiger partial charge in [0.05, 0.1) is 12.5 Å². The first kappa shape index (κ1) is 17.5. The molecule has 3 N–H and O–H groups in total. The Balaban J connectivity index is 2.25. The molecule has 0 aliphatic carbocycles. The number of hydrogen-bond donors (Lipinski definition) is 2. The number of carbonyl (C=O) groups is 1. The van der Waals surface area contributed by atoms with Crippen LogP contribution in [0.4, 0.5) is 5.69 Å². The van der Waals surface area contributed by atoms with E-state index in [2.05, 4.69) is 29.3 Å². The largest absolute Gasteiger partial charge is 0.380 e. The quantitative estimate of drug-likeness (QED) is 0.640. The van der Waals surface area contributed by atoms with E-state index in [-0.39, 0.29) is 12.0 Å². The number of nitrogens with zero attached hydrogens (tertiary/aromatic N) is 1. The average Bonchev–Trinajstić information content (AvgIpc) is 2.53. The lowest BCUT2D eigenvalue weighted by Gasteiger charge is -2.23. The maximum atomic E-state index is 11.7. The van der Waals surface area contributed by atoms with Crippen molar-refractivity contribution in [2.45, 2.75) is 25.9 Å². The van der Waals surface area contributed by atoms with Gasteiger partial charge in [-0.1, -0.05) is 18.2 Å². The molecule has 1 amide bonds. The van der Waals surface area contributed by atoms with E-state index in [0.29, 0.717) is 19.5 Å². The number of hydrogen-bond acceptors (Lipinski definition) is 4. The minimum atomic E-state index is -0.193. The minimum absolute atomic E-state index is 0.00457. The van der Waals surface area contributed by atoms with E-state index in [4.69, 9.17) is 10.5 Å². The molecule has 5 nitrogen and oxygen atoms in total. The SMILES string of the molecule is CCN(CCCNC(=O)CC(CN)OC)c1ccccc1. The summed E-state index contributed by atoms with van der Waals surface area (Å²) in [6.07, 6.45) is 1.04. The van der Waals surface area contributed by atoms with Gasteiger partial charge in [-0.25, -0.2) is 0 Å². The second-order valence-corrected chi connectivity index (χ2v) is 4.92. The molecular weight excluding hydrogens is 266 g/mol. The predicted octanol–water partition coefficient (Wildman–Crippen LogP) is 1.38. The van der Waals surface area contributed by atoms with Crippen molar-refractivity contribution in [3.8, 4) is 0 Å². The Morgan fingerprint density at radius 2 is 2.10 bits per heavy atom. The molecule has 0 aliphatic rings. The number of para-hydroxylation sites is 1. The Hall–Kier alpha value is -1.59. The monoisotopic (exact) mass is 293 g/mol. The van der Waals surface area contributed by atoms with Gasteiger partial charge in [-0.3, -0.25) is 4.79 Å². The lowest BCUT2D eigenvalue weighted by molar-refractivity contribution is -0.123. The van der Waals surface area contributed by atoms with Crippen molar-refractivity contribution in [3.63, 3.8) is 0 Å². The normalized spacial score (nSPS) is 12.0. The summed E-state index contributed by atoms with van der Waals surface area (Å²) in [6.45, 7) is 5.04. The highest BCUT2D eigenvalue weighted by atomic mass is 16.5. The van der Waals surface area contributed by atoms with Gasteiger partial charge in [-0.2, -0.15) is 0 Å². The summed E-state index contributed by atoms with van der Waals surface area (Å²) < 4.78 is 5.10. The highest BCUT2D eigenvalue weighted by molar-refractivity contribution is 5.76. The number of nitrogens with one attached hydrogen (secondary N) is 1. The molecule has 1 atom stereocenters. The number of benzene rings is 1. The van der Waals surface area contributed by atoms with Gasteiger partial charge in [-0.05, 0) is 25.5 Å². The van der Waals surface area contributed by atoms with Crippen LogP contribution in [0, 0.1) is 0 Å². The molecule has 5 heteroatoms. The molecular formula is C16H27N3O2. The number of ether oxygens (including phenoxy) is 1. The van der Waals surface area contributed by atoms with Crippen molar-refractivity contribution in [2.75, 3.05) is 38.2 Å². The molecule has 0 aliphatic heterocycles. The molecule has 0 spiro atoms. The Bertz CT molecular complexity index is 394. The smallest absolute Gasteiger partial charge is 0.222 e. The van der Waals surface area contributed by atoms with Crippen molar-refractivity contribution in [2.24, 2.45) is 5.73 Å². The van der Waals surface area contributed by atoms with E-state index in [1.165, 1.54) is 5.69 Å². The van der Waals surface area contributed by atoms with Gasteiger partial charge in [0.15, 0.2) is 0 Å². The average molecular weight is 293 g/mol. The fourth-order valence-electron chi connectivity index (χ4n) is 2.15. The van der Waals surface area contributed by atoms with Crippen molar-refractivity contribution in [1.29, 1.82) is 0 Å². The zero-order valence-electron chi connectivity index (χ0n) is 13.0. The predicted molar refractivity (Wildman–Crippen MR) is 86.4 cm³/mol. The second kappa shape index (κ2) is 10.2. The van der Waals surface area contributed by atoms with E-state index < -0.39 is 0 Å². The Labute approximate surface area is 127 Å². The van der Waals surface area contributed by atoms with Crippen LogP contribution in [-0.4, -0.2) is 45.3 Å². The first-order valence-electron chi connectivity index (χ1n) is 7.50.